The van der Waals surface area contributed by atoms with Gasteiger partial charge in [0.25, 0.3) is 0 Å². The van der Waals surface area contributed by atoms with Crippen LogP contribution >= 0.6 is 0 Å². The van der Waals surface area contributed by atoms with Crippen LogP contribution in [-0.2, 0) is 9.59 Å². The average molecular weight is 284 g/mol. The molecule has 0 saturated heterocycles. The Hall–Kier alpha value is -1.10. The predicted molar refractivity (Wildman–Crippen MR) is 78.5 cm³/mol. The molecule has 1 fully saturated rings. The molecule has 0 aromatic heterocycles. The molecule has 5 nitrogen and oxygen atoms in total. The summed E-state index contributed by atoms with van der Waals surface area (Å²) in [5.41, 5.74) is 0. The van der Waals surface area contributed by atoms with Gasteiger partial charge in [0.15, 0.2) is 0 Å². The third-order valence-corrected chi connectivity index (χ3v) is 4.04. The zero-order valence-corrected chi connectivity index (χ0v) is 12.7. The van der Waals surface area contributed by atoms with Crippen molar-refractivity contribution < 1.29 is 14.7 Å². The monoisotopic (exact) mass is 284 g/mol. The van der Waals surface area contributed by atoms with E-state index in [4.69, 9.17) is 5.11 Å². The van der Waals surface area contributed by atoms with Gasteiger partial charge in [-0.05, 0) is 51.5 Å². The maximum absolute atomic E-state index is 11.7. The lowest BCUT2D eigenvalue weighted by molar-refractivity contribution is -0.143. The fourth-order valence-corrected chi connectivity index (χ4v) is 2.83. The van der Waals surface area contributed by atoms with Gasteiger partial charge >= 0.3 is 5.97 Å². The van der Waals surface area contributed by atoms with Gasteiger partial charge in [0.2, 0.25) is 5.91 Å². The van der Waals surface area contributed by atoms with E-state index in [0.717, 1.165) is 45.1 Å². The Kier molecular flexibility index (Phi) is 7.59. The molecule has 1 unspecified atom stereocenters. The molecule has 1 amide bonds. The van der Waals surface area contributed by atoms with E-state index in [1.807, 2.05) is 6.92 Å². The van der Waals surface area contributed by atoms with Crippen molar-refractivity contribution in [3.63, 3.8) is 0 Å². The van der Waals surface area contributed by atoms with Crippen molar-refractivity contribution in [1.29, 1.82) is 0 Å². The number of amides is 1. The van der Waals surface area contributed by atoms with E-state index in [1.165, 1.54) is 0 Å². The number of rotatable bonds is 8. The first kappa shape index (κ1) is 17.0. The van der Waals surface area contributed by atoms with Crippen molar-refractivity contribution in [3.05, 3.63) is 0 Å². The molecular weight excluding hydrogens is 256 g/mol. The maximum Gasteiger partial charge on any atom is 0.306 e. The summed E-state index contributed by atoms with van der Waals surface area (Å²) in [6.07, 6.45) is 5.49. The van der Waals surface area contributed by atoms with Gasteiger partial charge in [0, 0.05) is 6.04 Å². The molecular formula is C15H28N2O3. The van der Waals surface area contributed by atoms with E-state index in [-0.39, 0.29) is 17.9 Å². The predicted octanol–water partition coefficient (Wildman–Crippen LogP) is 1.77. The van der Waals surface area contributed by atoms with Crippen LogP contribution in [-0.4, -0.2) is 36.1 Å². The van der Waals surface area contributed by atoms with Crippen molar-refractivity contribution in [3.8, 4) is 0 Å². The van der Waals surface area contributed by atoms with Crippen LogP contribution in [0, 0.1) is 11.8 Å². The molecule has 0 bridgehead atoms. The van der Waals surface area contributed by atoms with Gasteiger partial charge in [0.05, 0.1) is 12.5 Å². The number of carboxylic acids is 1. The first-order valence-corrected chi connectivity index (χ1v) is 7.75. The second-order valence-corrected chi connectivity index (χ2v) is 5.94. The Morgan fingerprint density at radius 3 is 2.45 bits per heavy atom. The minimum atomic E-state index is -0.666. The van der Waals surface area contributed by atoms with Gasteiger partial charge in [-0.15, -0.1) is 0 Å². The van der Waals surface area contributed by atoms with Gasteiger partial charge in [-0.1, -0.05) is 13.3 Å². The molecule has 0 aliphatic heterocycles. The number of hydrogen-bond donors (Lipinski definition) is 3. The number of nitrogens with one attached hydrogen (secondary N) is 2. The fourth-order valence-electron chi connectivity index (χ4n) is 2.83. The van der Waals surface area contributed by atoms with Crippen LogP contribution in [0.4, 0.5) is 0 Å². The maximum atomic E-state index is 11.7. The third kappa shape index (κ3) is 6.37. The second kappa shape index (κ2) is 8.95. The highest BCUT2D eigenvalue weighted by molar-refractivity contribution is 5.78. The Balaban J connectivity index is 2.10. The lowest BCUT2D eigenvalue weighted by atomic mass is 9.82. The van der Waals surface area contributed by atoms with Crippen LogP contribution in [0.5, 0.6) is 0 Å². The van der Waals surface area contributed by atoms with Crippen LogP contribution in [0.2, 0.25) is 0 Å². The van der Waals surface area contributed by atoms with Crippen molar-refractivity contribution in [2.24, 2.45) is 11.8 Å². The summed E-state index contributed by atoms with van der Waals surface area (Å²) in [4.78, 5) is 22.5. The van der Waals surface area contributed by atoms with Gasteiger partial charge in [0.1, 0.15) is 0 Å². The van der Waals surface area contributed by atoms with E-state index in [9.17, 15) is 9.59 Å². The van der Waals surface area contributed by atoms with E-state index < -0.39 is 5.97 Å². The molecule has 3 N–H and O–H groups in total. The van der Waals surface area contributed by atoms with E-state index in [1.54, 1.807) is 0 Å². The third-order valence-electron chi connectivity index (χ3n) is 4.04. The topological polar surface area (TPSA) is 78.4 Å². The van der Waals surface area contributed by atoms with Crippen LogP contribution in [0.3, 0.4) is 0 Å². The van der Waals surface area contributed by atoms with Gasteiger partial charge in [-0.25, -0.2) is 0 Å². The zero-order valence-electron chi connectivity index (χ0n) is 12.7. The number of carbonyl (C=O) groups excluding carboxylic acids is 1. The fraction of sp³-hybridized carbons (Fsp3) is 0.867. The molecule has 1 rings (SSSR count). The second-order valence-electron chi connectivity index (χ2n) is 5.94. The SMILES string of the molecule is CCCC(C)NC(=O)CNCC1CCC(C(=O)O)CC1. The molecule has 1 saturated carbocycles. The normalized spacial score (nSPS) is 24.1. The molecule has 0 aromatic rings. The first-order chi connectivity index (χ1) is 9.52. The Morgan fingerprint density at radius 2 is 1.90 bits per heavy atom. The van der Waals surface area contributed by atoms with E-state index in [0.29, 0.717) is 12.5 Å². The quantitative estimate of drug-likeness (QED) is 0.635. The van der Waals surface area contributed by atoms with Gasteiger partial charge in [-0.3, -0.25) is 9.59 Å². The van der Waals surface area contributed by atoms with Gasteiger partial charge < -0.3 is 15.7 Å². The molecule has 5 heteroatoms. The minimum absolute atomic E-state index is 0.0465. The van der Waals surface area contributed by atoms with Crippen molar-refractivity contribution in [2.45, 2.75) is 58.4 Å². The van der Waals surface area contributed by atoms with Crippen LogP contribution in [0.15, 0.2) is 0 Å². The minimum Gasteiger partial charge on any atom is -0.481 e. The number of carbonyl (C=O) groups is 2. The molecule has 0 radical (unpaired) electrons. The molecule has 0 spiro atoms. The molecule has 0 aromatic carbocycles. The molecule has 1 atom stereocenters. The summed E-state index contributed by atoms with van der Waals surface area (Å²) in [6, 6.07) is 0.236. The highest BCUT2D eigenvalue weighted by atomic mass is 16.4. The standard InChI is InChI=1S/C15H28N2O3/c1-3-4-11(2)17-14(18)10-16-9-12-5-7-13(8-6-12)15(19)20/h11-13,16H,3-10H2,1-2H3,(H,17,18)(H,19,20). The Morgan fingerprint density at radius 1 is 1.25 bits per heavy atom. The Labute approximate surface area is 121 Å². The van der Waals surface area contributed by atoms with Crippen molar-refractivity contribution in [2.75, 3.05) is 13.1 Å². The number of aliphatic carboxylic acids is 1. The number of carboxylic acid groups (broad SMARTS) is 1. The van der Waals surface area contributed by atoms with Crippen molar-refractivity contribution in [1.82, 2.24) is 10.6 Å². The highest BCUT2D eigenvalue weighted by Crippen LogP contribution is 2.28. The molecule has 1 aliphatic rings. The summed E-state index contributed by atoms with van der Waals surface area (Å²) in [5, 5.41) is 15.1. The molecule has 1 aliphatic carbocycles. The van der Waals surface area contributed by atoms with Crippen LogP contribution < -0.4 is 10.6 Å². The summed E-state index contributed by atoms with van der Waals surface area (Å²) >= 11 is 0. The number of hydrogen-bond acceptors (Lipinski definition) is 3. The zero-order chi connectivity index (χ0) is 15.0. The molecule has 0 heterocycles. The van der Waals surface area contributed by atoms with Crippen LogP contribution in [0.25, 0.3) is 0 Å². The van der Waals surface area contributed by atoms with Crippen molar-refractivity contribution >= 4 is 11.9 Å². The lowest BCUT2D eigenvalue weighted by Crippen LogP contribution is -2.40. The van der Waals surface area contributed by atoms with Gasteiger partial charge in [-0.2, -0.15) is 0 Å². The first-order valence-electron chi connectivity index (χ1n) is 7.75. The Bertz CT molecular complexity index is 312. The largest absolute Gasteiger partial charge is 0.481 e. The molecule has 20 heavy (non-hydrogen) atoms. The lowest BCUT2D eigenvalue weighted by Gasteiger charge is -2.26. The summed E-state index contributed by atoms with van der Waals surface area (Å²) in [6.45, 7) is 5.29. The highest BCUT2D eigenvalue weighted by Gasteiger charge is 2.25. The summed E-state index contributed by atoms with van der Waals surface area (Å²) < 4.78 is 0. The summed E-state index contributed by atoms with van der Waals surface area (Å²) in [5.74, 6) is -0.276. The van der Waals surface area contributed by atoms with Crippen LogP contribution in [0.1, 0.15) is 52.4 Å². The molecule has 116 valence electrons. The smallest absolute Gasteiger partial charge is 0.306 e. The summed E-state index contributed by atoms with van der Waals surface area (Å²) in [7, 11) is 0. The van der Waals surface area contributed by atoms with E-state index >= 15 is 0 Å². The average Bonchev–Trinajstić information content (AvgIpc) is 2.39. The van der Waals surface area contributed by atoms with E-state index in [2.05, 4.69) is 17.6 Å².